The van der Waals surface area contributed by atoms with Gasteiger partial charge in [0, 0.05) is 0 Å². The largest absolute Gasteiger partial charge is 0.227 e. The fraction of sp³-hybridized carbons (Fsp3) is 1.00. The van der Waals surface area contributed by atoms with Crippen molar-refractivity contribution in [1.29, 1.82) is 0 Å². The molecule has 2 fully saturated rings. The molecule has 0 aromatic carbocycles. The Labute approximate surface area is 88.1 Å². The van der Waals surface area contributed by atoms with Crippen molar-refractivity contribution in [2.75, 3.05) is 0 Å². The van der Waals surface area contributed by atoms with Gasteiger partial charge >= 0.3 is 0 Å². The molecule has 4 heteroatoms. The van der Waals surface area contributed by atoms with E-state index in [1.807, 2.05) is 0 Å². The Morgan fingerprint density at radius 2 is 1.77 bits per heavy atom. The molecule has 0 aromatic rings. The summed E-state index contributed by atoms with van der Waals surface area (Å²) in [6, 6.07) is 0. The second kappa shape index (κ2) is 3.54. The molecule has 0 amide bonds. The third kappa shape index (κ3) is 1.67. The van der Waals surface area contributed by atoms with E-state index in [4.69, 9.17) is 0 Å². The smallest absolute Gasteiger partial charge is 0.166 e. The molecule has 2 rings (SSSR count). The molecule has 3 atom stereocenters. The SMILES string of the molecule is O=S1(=O)[C@@H]2CCCCC[C@H](C2)[C@H]1Br. The van der Waals surface area contributed by atoms with Crippen molar-refractivity contribution in [3.63, 3.8) is 0 Å². The standard InChI is InChI=1S/C9H15BrO2S/c10-9-7-4-2-1-3-5-8(6-7)13(9,11)12/h7-9H,1-6H2/t7-,8-,9+/m1/s1. The van der Waals surface area contributed by atoms with Crippen molar-refractivity contribution in [2.45, 2.75) is 47.9 Å². The summed E-state index contributed by atoms with van der Waals surface area (Å²) in [6.07, 6.45) is 6.39. The second-order valence-electron chi connectivity index (χ2n) is 4.20. The van der Waals surface area contributed by atoms with Gasteiger partial charge in [0.15, 0.2) is 9.84 Å². The molecule has 0 unspecified atom stereocenters. The van der Waals surface area contributed by atoms with Crippen molar-refractivity contribution < 1.29 is 8.42 Å². The van der Waals surface area contributed by atoms with E-state index in [9.17, 15) is 8.42 Å². The van der Waals surface area contributed by atoms with E-state index in [0.717, 1.165) is 25.7 Å². The minimum absolute atomic E-state index is 0.0397. The van der Waals surface area contributed by atoms with Crippen molar-refractivity contribution in [1.82, 2.24) is 0 Å². The predicted octanol–water partition coefficient (Wildman–Crippen LogP) is 2.47. The van der Waals surface area contributed by atoms with Crippen LogP contribution in [-0.2, 0) is 9.84 Å². The average Bonchev–Trinajstić information content (AvgIpc) is 2.23. The Morgan fingerprint density at radius 3 is 2.54 bits per heavy atom. The number of fused-ring (bicyclic) bond motifs is 2. The zero-order chi connectivity index (χ0) is 9.47. The minimum Gasteiger partial charge on any atom is -0.227 e. The van der Waals surface area contributed by atoms with Gasteiger partial charge in [0.05, 0.1) is 5.25 Å². The molecule has 0 N–H and O–H groups in total. The summed E-state index contributed by atoms with van der Waals surface area (Å²) in [4.78, 5) is 0. The second-order valence-corrected chi connectivity index (χ2v) is 8.14. The first-order valence-electron chi connectivity index (χ1n) is 4.99. The van der Waals surface area contributed by atoms with E-state index in [0.29, 0.717) is 5.92 Å². The van der Waals surface area contributed by atoms with Gasteiger partial charge in [-0.25, -0.2) is 8.42 Å². The summed E-state index contributed by atoms with van der Waals surface area (Å²) in [6.45, 7) is 0. The van der Waals surface area contributed by atoms with E-state index < -0.39 is 9.84 Å². The number of sulfone groups is 1. The Hall–Kier alpha value is 0.430. The summed E-state index contributed by atoms with van der Waals surface area (Å²) in [7, 11) is -2.83. The molecule has 2 nitrogen and oxygen atoms in total. The number of halogens is 1. The van der Waals surface area contributed by atoms with Gasteiger partial charge in [-0.15, -0.1) is 0 Å². The van der Waals surface area contributed by atoms with Crippen LogP contribution in [0.5, 0.6) is 0 Å². The van der Waals surface area contributed by atoms with Crippen LogP contribution < -0.4 is 0 Å². The van der Waals surface area contributed by atoms with Crippen LogP contribution in [0.2, 0.25) is 0 Å². The molecule has 76 valence electrons. The van der Waals surface area contributed by atoms with Crippen LogP contribution in [0.4, 0.5) is 0 Å². The highest BCUT2D eigenvalue weighted by Gasteiger charge is 2.45. The molecule has 1 aliphatic carbocycles. The number of hydrogen-bond acceptors (Lipinski definition) is 2. The first kappa shape index (κ1) is 9.97. The van der Waals surface area contributed by atoms with Crippen molar-refractivity contribution in [3.05, 3.63) is 0 Å². The summed E-state index contributed by atoms with van der Waals surface area (Å²) in [5, 5.41) is -0.0397. The Kier molecular flexibility index (Phi) is 2.71. The third-order valence-electron chi connectivity index (χ3n) is 3.32. The van der Waals surface area contributed by atoms with Crippen LogP contribution in [0.1, 0.15) is 38.5 Å². The Balaban J connectivity index is 2.26. The average molecular weight is 267 g/mol. The van der Waals surface area contributed by atoms with Crippen LogP contribution in [0, 0.1) is 5.92 Å². The molecule has 0 spiro atoms. The van der Waals surface area contributed by atoms with Gasteiger partial charge < -0.3 is 0 Å². The van der Waals surface area contributed by atoms with Crippen LogP contribution in [-0.4, -0.2) is 17.8 Å². The van der Waals surface area contributed by atoms with Crippen LogP contribution in [0.3, 0.4) is 0 Å². The van der Waals surface area contributed by atoms with Crippen molar-refractivity contribution in [2.24, 2.45) is 5.92 Å². The lowest BCUT2D eigenvalue weighted by atomic mass is 9.93. The fourth-order valence-corrected chi connectivity index (χ4v) is 6.08. The molecular weight excluding hydrogens is 252 g/mol. The first-order valence-corrected chi connectivity index (χ1v) is 7.51. The molecule has 1 saturated carbocycles. The molecule has 0 radical (unpaired) electrons. The van der Waals surface area contributed by atoms with E-state index in [-0.39, 0.29) is 9.41 Å². The van der Waals surface area contributed by atoms with E-state index >= 15 is 0 Å². The third-order valence-corrected chi connectivity index (χ3v) is 8.00. The highest BCUT2D eigenvalue weighted by molar-refractivity contribution is 9.11. The van der Waals surface area contributed by atoms with Gasteiger partial charge in [-0.2, -0.15) is 0 Å². The quantitative estimate of drug-likeness (QED) is 0.632. The normalized spacial score (nSPS) is 43.9. The van der Waals surface area contributed by atoms with Gasteiger partial charge in [0.25, 0.3) is 0 Å². The number of alkyl halides is 1. The zero-order valence-electron chi connectivity index (χ0n) is 7.58. The summed E-state index contributed by atoms with van der Waals surface area (Å²) < 4.78 is 23.4. The van der Waals surface area contributed by atoms with Gasteiger partial charge in [-0.3, -0.25) is 0 Å². The molecule has 0 aromatic heterocycles. The lowest BCUT2D eigenvalue weighted by Gasteiger charge is -2.13. The Morgan fingerprint density at radius 1 is 1.08 bits per heavy atom. The van der Waals surface area contributed by atoms with Gasteiger partial charge in [0.2, 0.25) is 0 Å². The maximum Gasteiger partial charge on any atom is 0.166 e. The van der Waals surface area contributed by atoms with E-state index in [2.05, 4.69) is 15.9 Å². The van der Waals surface area contributed by atoms with Crippen molar-refractivity contribution >= 4 is 25.8 Å². The summed E-state index contributed by atoms with van der Waals surface area (Å²) >= 11 is 3.35. The molecule has 13 heavy (non-hydrogen) atoms. The lowest BCUT2D eigenvalue weighted by molar-refractivity contribution is 0.428. The van der Waals surface area contributed by atoms with Crippen LogP contribution in [0.25, 0.3) is 0 Å². The van der Waals surface area contributed by atoms with Gasteiger partial charge in [-0.1, -0.05) is 35.2 Å². The Bertz CT molecular complexity index is 286. The monoisotopic (exact) mass is 266 g/mol. The highest BCUT2D eigenvalue weighted by Crippen LogP contribution is 2.42. The molecule has 1 saturated heterocycles. The molecule has 2 aliphatic rings. The predicted molar refractivity (Wildman–Crippen MR) is 56.6 cm³/mol. The number of hydrogen-bond donors (Lipinski definition) is 0. The maximum atomic E-state index is 11.8. The molecule has 1 heterocycles. The topological polar surface area (TPSA) is 34.1 Å². The fourth-order valence-electron chi connectivity index (χ4n) is 2.52. The van der Waals surface area contributed by atoms with Crippen molar-refractivity contribution in [3.8, 4) is 0 Å². The first-order chi connectivity index (χ1) is 6.12. The minimum atomic E-state index is -2.83. The van der Waals surface area contributed by atoms with Gasteiger partial charge in [-0.05, 0) is 25.2 Å². The molecule has 1 aliphatic heterocycles. The summed E-state index contributed by atoms with van der Waals surface area (Å²) in [5.41, 5.74) is 0. The van der Waals surface area contributed by atoms with E-state index in [1.54, 1.807) is 0 Å². The molecule has 2 bridgehead atoms. The number of rotatable bonds is 0. The lowest BCUT2D eigenvalue weighted by Crippen LogP contribution is -2.19. The van der Waals surface area contributed by atoms with E-state index in [1.165, 1.54) is 12.8 Å². The maximum absolute atomic E-state index is 11.8. The summed E-state index contributed by atoms with van der Waals surface area (Å²) in [5.74, 6) is 0.385. The highest BCUT2D eigenvalue weighted by atomic mass is 79.9. The van der Waals surface area contributed by atoms with Crippen LogP contribution in [0.15, 0.2) is 0 Å². The van der Waals surface area contributed by atoms with Crippen LogP contribution >= 0.6 is 15.9 Å². The zero-order valence-corrected chi connectivity index (χ0v) is 9.98. The molecular formula is C9H15BrO2S. The van der Waals surface area contributed by atoms with Gasteiger partial charge in [0.1, 0.15) is 4.16 Å².